The molecule has 0 saturated carbocycles. The van der Waals surface area contributed by atoms with Gasteiger partial charge in [-0.2, -0.15) is 0 Å². The number of rotatable bonds is 1. The maximum absolute atomic E-state index is 4.79. The second kappa shape index (κ2) is 4.48. The highest BCUT2D eigenvalue weighted by Gasteiger charge is 2.15. The zero-order valence-electron chi connectivity index (χ0n) is 6.82. The lowest BCUT2D eigenvalue weighted by atomic mass is 9.94. The van der Waals surface area contributed by atoms with Crippen molar-refractivity contribution in [2.75, 3.05) is 13.1 Å². The molecule has 4 heteroatoms. The molecule has 1 N–H and O–H groups in total. The SMILES string of the molecule is Cl.c1nocc1C1CCCNC1. The van der Waals surface area contributed by atoms with Gasteiger partial charge in [0.25, 0.3) is 0 Å². The Bertz CT molecular complexity index is 207. The highest BCUT2D eigenvalue weighted by molar-refractivity contribution is 5.85. The summed E-state index contributed by atoms with van der Waals surface area (Å²) in [7, 11) is 0. The molecule has 0 radical (unpaired) electrons. The fraction of sp³-hybridized carbons (Fsp3) is 0.625. The molecule has 12 heavy (non-hydrogen) atoms. The largest absolute Gasteiger partial charge is 0.364 e. The lowest BCUT2D eigenvalue weighted by molar-refractivity contribution is 0.414. The molecule has 0 spiro atoms. The van der Waals surface area contributed by atoms with E-state index in [1.165, 1.54) is 18.4 Å². The summed E-state index contributed by atoms with van der Waals surface area (Å²) >= 11 is 0. The topological polar surface area (TPSA) is 38.1 Å². The van der Waals surface area contributed by atoms with Crippen LogP contribution in [-0.4, -0.2) is 18.2 Å². The molecule has 1 fully saturated rings. The third-order valence-electron chi connectivity index (χ3n) is 2.22. The summed E-state index contributed by atoms with van der Waals surface area (Å²) in [6.07, 6.45) is 6.08. The molecule has 0 amide bonds. The highest BCUT2D eigenvalue weighted by Crippen LogP contribution is 2.21. The smallest absolute Gasteiger partial charge is 0.127 e. The first-order valence-corrected chi connectivity index (χ1v) is 4.07. The maximum atomic E-state index is 4.79. The van der Waals surface area contributed by atoms with Gasteiger partial charge < -0.3 is 9.84 Å². The van der Waals surface area contributed by atoms with Gasteiger partial charge in [-0.25, -0.2) is 0 Å². The Kier molecular flexibility index (Phi) is 3.56. The van der Waals surface area contributed by atoms with Crippen LogP contribution < -0.4 is 5.32 Å². The van der Waals surface area contributed by atoms with Crippen LogP contribution >= 0.6 is 12.4 Å². The van der Waals surface area contributed by atoms with Crippen molar-refractivity contribution in [1.29, 1.82) is 0 Å². The van der Waals surface area contributed by atoms with E-state index in [1.54, 1.807) is 6.26 Å². The van der Waals surface area contributed by atoms with E-state index >= 15 is 0 Å². The zero-order chi connectivity index (χ0) is 7.52. The molecule has 2 heterocycles. The first kappa shape index (κ1) is 9.55. The second-order valence-electron chi connectivity index (χ2n) is 3.00. The van der Waals surface area contributed by atoms with Crippen LogP contribution in [0, 0.1) is 0 Å². The van der Waals surface area contributed by atoms with Crippen LogP contribution in [0.2, 0.25) is 0 Å². The van der Waals surface area contributed by atoms with Gasteiger partial charge in [0.15, 0.2) is 0 Å². The van der Waals surface area contributed by atoms with Gasteiger partial charge >= 0.3 is 0 Å². The first-order chi connectivity index (χ1) is 5.47. The number of piperidine rings is 1. The fourth-order valence-electron chi connectivity index (χ4n) is 1.55. The summed E-state index contributed by atoms with van der Waals surface area (Å²) in [6.45, 7) is 2.23. The van der Waals surface area contributed by atoms with Crippen molar-refractivity contribution >= 4 is 12.4 Å². The monoisotopic (exact) mass is 188 g/mol. The molecule has 1 unspecified atom stereocenters. The van der Waals surface area contributed by atoms with Gasteiger partial charge in [-0.3, -0.25) is 0 Å². The Morgan fingerprint density at radius 3 is 3.08 bits per heavy atom. The molecule has 1 aromatic rings. The molecule has 1 atom stereocenters. The van der Waals surface area contributed by atoms with Gasteiger partial charge in [0.1, 0.15) is 6.26 Å². The maximum Gasteiger partial charge on any atom is 0.127 e. The quantitative estimate of drug-likeness (QED) is 0.727. The van der Waals surface area contributed by atoms with E-state index in [9.17, 15) is 0 Å². The normalized spacial score (nSPS) is 23.2. The van der Waals surface area contributed by atoms with Crippen molar-refractivity contribution in [2.45, 2.75) is 18.8 Å². The molecule has 1 aromatic heterocycles. The number of nitrogens with one attached hydrogen (secondary N) is 1. The van der Waals surface area contributed by atoms with Crippen molar-refractivity contribution in [3.05, 3.63) is 18.0 Å². The second-order valence-corrected chi connectivity index (χ2v) is 3.00. The zero-order valence-corrected chi connectivity index (χ0v) is 7.64. The highest BCUT2D eigenvalue weighted by atomic mass is 35.5. The van der Waals surface area contributed by atoms with Crippen molar-refractivity contribution < 1.29 is 4.52 Å². The van der Waals surface area contributed by atoms with Gasteiger partial charge in [0.05, 0.1) is 6.20 Å². The van der Waals surface area contributed by atoms with Gasteiger partial charge in [-0.1, -0.05) is 5.16 Å². The van der Waals surface area contributed by atoms with Gasteiger partial charge in [0, 0.05) is 18.0 Å². The average molecular weight is 189 g/mol. The summed E-state index contributed by atoms with van der Waals surface area (Å²) in [6, 6.07) is 0. The third-order valence-corrected chi connectivity index (χ3v) is 2.22. The molecule has 1 aliphatic heterocycles. The minimum absolute atomic E-state index is 0. The van der Waals surface area contributed by atoms with E-state index in [0.29, 0.717) is 5.92 Å². The Hall–Kier alpha value is -0.540. The van der Waals surface area contributed by atoms with E-state index in [0.717, 1.165) is 13.1 Å². The van der Waals surface area contributed by atoms with Gasteiger partial charge in [-0.05, 0) is 19.4 Å². The minimum Gasteiger partial charge on any atom is -0.364 e. The van der Waals surface area contributed by atoms with Crippen LogP contribution in [0.5, 0.6) is 0 Å². The van der Waals surface area contributed by atoms with E-state index < -0.39 is 0 Å². The Balaban J connectivity index is 0.000000720. The number of hydrogen-bond donors (Lipinski definition) is 1. The molecule has 3 nitrogen and oxygen atoms in total. The first-order valence-electron chi connectivity index (χ1n) is 4.07. The molecule has 0 aliphatic carbocycles. The number of nitrogens with zero attached hydrogens (tertiary/aromatic N) is 1. The summed E-state index contributed by atoms with van der Waals surface area (Å²) in [5, 5.41) is 7.05. The van der Waals surface area contributed by atoms with E-state index in [4.69, 9.17) is 4.52 Å². The van der Waals surface area contributed by atoms with Crippen LogP contribution in [0.1, 0.15) is 24.3 Å². The summed E-state index contributed by atoms with van der Waals surface area (Å²) in [5.74, 6) is 0.620. The average Bonchev–Trinajstić information content (AvgIpc) is 2.58. The van der Waals surface area contributed by atoms with Crippen molar-refractivity contribution in [1.82, 2.24) is 10.5 Å². The Labute approximate surface area is 77.9 Å². The molecule has 1 aliphatic rings. The van der Waals surface area contributed by atoms with Gasteiger partial charge in [-0.15, -0.1) is 12.4 Å². The Morgan fingerprint density at radius 1 is 1.58 bits per heavy atom. The molecule has 0 aromatic carbocycles. The van der Waals surface area contributed by atoms with Crippen LogP contribution in [0.3, 0.4) is 0 Å². The summed E-state index contributed by atoms with van der Waals surface area (Å²) in [4.78, 5) is 0. The lowest BCUT2D eigenvalue weighted by Gasteiger charge is -2.20. The molecular formula is C8H13ClN2O. The van der Waals surface area contributed by atoms with Gasteiger partial charge in [0.2, 0.25) is 0 Å². The van der Waals surface area contributed by atoms with Crippen LogP contribution in [0.4, 0.5) is 0 Å². The van der Waals surface area contributed by atoms with E-state index in [2.05, 4.69) is 10.5 Å². The molecule has 1 saturated heterocycles. The standard InChI is InChI=1S/C8H12N2O.ClH/c1-2-7(4-9-3-1)8-5-10-11-6-8;/h5-7,9H,1-4H2;1H. The predicted octanol–water partition coefficient (Wildman–Crippen LogP) is 1.56. The van der Waals surface area contributed by atoms with E-state index in [1.807, 2.05) is 6.20 Å². The van der Waals surface area contributed by atoms with Crippen LogP contribution in [0.15, 0.2) is 17.0 Å². The minimum atomic E-state index is 0. The van der Waals surface area contributed by atoms with Crippen molar-refractivity contribution in [3.63, 3.8) is 0 Å². The summed E-state index contributed by atoms with van der Waals surface area (Å²) in [5.41, 5.74) is 1.23. The lowest BCUT2D eigenvalue weighted by Crippen LogP contribution is -2.28. The van der Waals surface area contributed by atoms with Crippen molar-refractivity contribution in [2.24, 2.45) is 0 Å². The van der Waals surface area contributed by atoms with E-state index in [-0.39, 0.29) is 12.4 Å². The van der Waals surface area contributed by atoms with Crippen LogP contribution in [0.25, 0.3) is 0 Å². The third kappa shape index (κ3) is 1.99. The predicted molar refractivity (Wildman–Crippen MR) is 48.6 cm³/mol. The number of halogens is 1. The molecule has 2 rings (SSSR count). The summed E-state index contributed by atoms with van der Waals surface area (Å²) < 4.78 is 4.79. The fourth-order valence-corrected chi connectivity index (χ4v) is 1.55. The van der Waals surface area contributed by atoms with Crippen LogP contribution in [-0.2, 0) is 0 Å². The number of aromatic nitrogens is 1. The molecule has 68 valence electrons. The number of hydrogen-bond acceptors (Lipinski definition) is 3. The van der Waals surface area contributed by atoms with Crippen molar-refractivity contribution in [3.8, 4) is 0 Å². The molecular weight excluding hydrogens is 176 g/mol. The molecule has 0 bridgehead atoms. The Morgan fingerprint density at radius 2 is 2.50 bits per heavy atom.